The summed E-state index contributed by atoms with van der Waals surface area (Å²) < 4.78 is 0. The van der Waals surface area contributed by atoms with Gasteiger partial charge in [0.1, 0.15) is 5.82 Å². The number of rotatable bonds is 2. The van der Waals surface area contributed by atoms with Crippen LogP contribution in [0.3, 0.4) is 0 Å². The summed E-state index contributed by atoms with van der Waals surface area (Å²) in [5.41, 5.74) is 3.50. The summed E-state index contributed by atoms with van der Waals surface area (Å²) in [5, 5.41) is 2.13. The smallest absolute Gasteiger partial charge is 0.148 e. The molecule has 80 valence electrons. The monoisotopic (exact) mass is 228 g/mol. The number of aromatic nitrogens is 2. The van der Waals surface area contributed by atoms with Crippen molar-refractivity contribution in [3.63, 3.8) is 0 Å². The molecule has 3 rings (SSSR count). The molecule has 3 aromatic rings. The Morgan fingerprint density at radius 3 is 2.94 bits per heavy atom. The molecule has 1 N–H and O–H groups in total. The van der Waals surface area contributed by atoms with E-state index in [0.29, 0.717) is 0 Å². The van der Waals surface area contributed by atoms with Gasteiger partial charge in [-0.3, -0.25) is 0 Å². The van der Waals surface area contributed by atoms with Crippen molar-refractivity contribution in [3.8, 4) is 10.7 Å². The zero-order valence-corrected chi connectivity index (χ0v) is 9.84. The predicted octanol–water partition coefficient (Wildman–Crippen LogP) is 3.85. The van der Waals surface area contributed by atoms with Gasteiger partial charge < -0.3 is 4.98 Å². The van der Waals surface area contributed by atoms with Crippen LogP contribution in [0.4, 0.5) is 0 Å². The highest BCUT2D eigenvalue weighted by atomic mass is 32.1. The van der Waals surface area contributed by atoms with E-state index in [9.17, 15) is 0 Å². The molecule has 0 aliphatic heterocycles. The number of nitrogens with one attached hydrogen (secondary N) is 1. The number of aryl methyl sites for hydroxylation is 1. The Kier molecular flexibility index (Phi) is 2.26. The van der Waals surface area contributed by atoms with Crippen LogP contribution in [0, 0.1) is 0 Å². The highest BCUT2D eigenvalue weighted by Crippen LogP contribution is 2.29. The third kappa shape index (κ3) is 1.44. The Hall–Kier alpha value is -1.61. The lowest BCUT2D eigenvalue weighted by Crippen LogP contribution is -1.82. The van der Waals surface area contributed by atoms with E-state index in [4.69, 9.17) is 0 Å². The van der Waals surface area contributed by atoms with Crippen molar-refractivity contribution >= 4 is 22.4 Å². The number of H-pyrrole nitrogens is 1. The second kappa shape index (κ2) is 3.76. The van der Waals surface area contributed by atoms with Crippen LogP contribution in [0.2, 0.25) is 0 Å². The average Bonchev–Trinajstić information content (AvgIpc) is 2.94. The van der Waals surface area contributed by atoms with Gasteiger partial charge in [0.25, 0.3) is 0 Å². The van der Waals surface area contributed by atoms with Crippen molar-refractivity contribution in [3.05, 3.63) is 41.3 Å². The molecule has 0 fully saturated rings. The van der Waals surface area contributed by atoms with Crippen LogP contribution in [0.25, 0.3) is 21.7 Å². The van der Waals surface area contributed by atoms with E-state index in [0.717, 1.165) is 23.3 Å². The molecule has 2 heterocycles. The molecule has 0 spiro atoms. The Bertz CT molecular complexity index is 588. The van der Waals surface area contributed by atoms with E-state index in [-0.39, 0.29) is 0 Å². The molecule has 0 unspecified atom stereocenters. The molecule has 2 nitrogen and oxygen atoms in total. The third-order valence-electron chi connectivity index (χ3n) is 2.73. The van der Waals surface area contributed by atoms with E-state index in [1.807, 2.05) is 18.2 Å². The number of thiophene rings is 1. The molecule has 0 aliphatic carbocycles. The summed E-state index contributed by atoms with van der Waals surface area (Å²) in [5.74, 6) is 0.994. The van der Waals surface area contributed by atoms with Crippen LogP contribution in [0.15, 0.2) is 35.7 Å². The second-order valence-electron chi connectivity index (χ2n) is 3.73. The summed E-state index contributed by atoms with van der Waals surface area (Å²) >= 11 is 1.75. The van der Waals surface area contributed by atoms with Gasteiger partial charge in [0.05, 0.1) is 15.9 Å². The van der Waals surface area contributed by atoms with E-state index < -0.39 is 0 Å². The molecule has 16 heavy (non-hydrogen) atoms. The molecule has 0 radical (unpaired) electrons. The molecule has 0 bridgehead atoms. The van der Waals surface area contributed by atoms with Gasteiger partial charge in [0, 0.05) is 0 Å². The predicted molar refractivity (Wildman–Crippen MR) is 68.8 cm³/mol. The zero-order chi connectivity index (χ0) is 11.0. The number of nitrogens with zero attached hydrogens (tertiary/aromatic N) is 1. The van der Waals surface area contributed by atoms with Crippen molar-refractivity contribution in [1.29, 1.82) is 0 Å². The summed E-state index contributed by atoms with van der Waals surface area (Å²) in [6.07, 6.45) is 1.05. The van der Waals surface area contributed by atoms with Gasteiger partial charge in [0.15, 0.2) is 0 Å². The Labute approximate surface area is 98.0 Å². The zero-order valence-electron chi connectivity index (χ0n) is 9.03. The average molecular weight is 228 g/mol. The summed E-state index contributed by atoms with van der Waals surface area (Å²) in [6.45, 7) is 2.17. The van der Waals surface area contributed by atoms with Gasteiger partial charge in [-0.1, -0.05) is 19.1 Å². The Morgan fingerprint density at radius 2 is 2.12 bits per heavy atom. The number of benzene rings is 1. The van der Waals surface area contributed by atoms with Crippen LogP contribution >= 0.6 is 11.3 Å². The first kappa shape index (κ1) is 9.60. The molecule has 0 saturated heterocycles. The maximum atomic E-state index is 4.62. The van der Waals surface area contributed by atoms with E-state index in [2.05, 4.69) is 34.4 Å². The van der Waals surface area contributed by atoms with Gasteiger partial charge >= 0.3 is 0 Å². The van der Waals surface area contributed by atoms with Gasteiger partial charge in [-0.2, -0.15) is 0 Å². The summed E-state index contributed by atoms with van der Waals surface area (Å²) in [4.78, 5) is 9.25. The van der Waals surface area contributed by atoms with Crippen LogP contribution in [0.5, 0.6) is 0 Å². The minimum atomic E-state index is 0.994. The SMILES string of the molecule is CCc1ccsc1-c1nc2ccccc2[nH]1. The van der Waals surface area contributed by atoms with Crippen LogP contribution < -0.4 is 0 Å². The number of imidazole rings is 1. The van der Waals surface area contributed by atoms with Gasteiger partial charge in [-0.25, -0.2) is 4.98 Å². The first-order valence-electron chi connectivity index (χ1n) is 5.40. The third-order valence-corrected chi connectivity index (χ3v) is 3.70. The molecule has 2 aromatic heterocycles. The molecule has 0 aliphatic rings. The van der Waals surface area contributed by atoms with Crippen molar-refractivity contribution in [2.75, 3.05) is 0 Å². The molecule has 0 amide bonds. The highest BCUT2D eigenvalue weighted by Gasteiger charge is 2.09. The maximum absolute atomic E-state index is 4.62. The van der Waals surface area contributed by atoms with Crippen LogP contribution in [-0.4, -0.2) is 9.97 Å². The molecule has 0 atom stereocenters. The number of fused-ring (bicyclic) bond motifs is 1. The fourth-order valence-corrected chi connectivity index (χ4v) is 2.82. The van der Waals surface area contributed by atoms with Crippen LogP contribution in [0.1, 0.15) is 12.5 Å². The molecule has 3 heteroatoms. The Morgan fingerprint density at radius 1 is 1.25 bits per heavy atom. The van der Waals surface area contributed by atoms with E-state index in [1.54, 1.807) is 11.3 Å². The number of para-hydroxylation sites is 2. The van der Waals surface area contributed by atoms with Crippen molar-refractivity contribution in [2.45, 2.75) is 13.3 Å². The molecule has 1 aromatic carbocycles. The van der Waals surface area contributed by atoms with Crippen molar-refractivity contribution < 1.29 is 0 Å². The normalized spacial score (nSPS) is 11.1. The molecule has 0 saturated carbocycles. The summed E-state index contributed by atoms with van der Waals surface area (Å²) in [6, 6.07) is 10.3. The lowest BCUT2D eigenvalue weighted by molar-refractivity contribution is 1.15. The van der Waals surface area contributed by atoms with Crippen molar-refractivity contribution in [1.82, 2.24) is 9.97 Å². The first-order chi connectivity index (χ1) is 7.88. The fourth-order valence-electron chi connectivity index (χ4n) is 1.88. The highest BCUT2D eigenvalue weighted by molar-refractivity contribution is 7.13. The number of hydrogen-bond acceptors (Lipinski definition) is 2. The number of aromatic amines is 1. The van der Waals surface area contributed by atoms with Gasteiger partial charge in [-0.05, 0) is 35.6 Å². The summed E-state index contributed by atoms with van der Waals surface area (Å²) in [7, 11) is 0. The van der Waals surface area contributed by atoms with Gasteiger partial charge in [-0.15, -0.1) is 11.3 Å². The Balaban J connectivity index is 2.19. The lowest BCUT2D eigenvalue weighted by atomic mass is 10.2. The second-order valence-corrected chi connectivity index (χ2v) is 4.65. The first-order valence-corrected chi connectivity index (χ1v) is 6.28. The molecular formula is C13H12N2S. The standard InChI is InChI=1S/C13H12N2S/c1-2-9-7-8-16-12(9)13-14-10-5-3-4-6-11(10)15-13/h3-8H,2H2,1H3,(H,14,15). The fraction of sp³-hybridized carbons (Fsp3) is 0.154. The van der Waals surface area contributed by atoms with E-state index >= 15 is 0 Å². The van der Waals surface area contributed by atoms with Crippen molar-refractivity contribution in [2.24, 2.45) is 0 Å². The number of hydrogen-bond donors (Lipinski definition) is 1. The quantitative estimate of drug-likeness (QED) is 0.709. The minimum Gasteiger partial charge on any atom is -0.337 e. The van der Waals surface area contributed by atoms with E-state index in [1.165, 1.54) is 10.4 Å². The largest absolute Gasteiger partial charge is 0.337 e. The maximum Gasteiger partial charge on any atom is 0.148 e. The van der Waals surface area contributed by atoms with Crippen LogP contribution in [-0.2, 0) is 6.42 Å². The van der Waals surface area contributed by atoms with Gasteiger partial charge in [0.2, 0.25) is 0 Å². The lowest BCUT2D eigenvalue weighted by Gasteiger charge is -1.95. The molecular weight excluding hydrogens is 216 g/mol. The topological polar surface area (TPSA) is 28.7 Å². The minimum absolute atomic E-state index is 0.994.